The zero-order valence-electron chi connectivity index (χ0n) is 9.37. The van der Waals surface area contributed by atoms with Crippen molar-refractivity contribution in [3.05, 3.63) is 21.9 Å². The van der Waals surface area contributed by atoms with Gasteiger partial charge in [-0.3, -0.25) is 0 Å². The summed E-state index contributed by atoms with van der Waals surface area (Å²) in [6.45, 7) is 1.74. The van der Waals surface area contributed by atoms with E-state index in [2.05, 4.69) is 14.7 Å². The topological polar surface area (TPSA) is 115 Å². The second-order valence-corrected chi connectivity index (χ2v) is 3.94. The summed E-state index contributed by atoms with van der Waals surface area (Å²) in [4.78, 5) is 27.4. The molecule has 0 aliphatic heterocycles. The minimum atomic E-state index is -0.866. The van der Waals surface area contributed by atoms with Gasteiger partial charge < -0.3 is 15.3 Å². The van der Waals surface area contributed by atoms with Crippen LogP contribution in [0, 0.1) is 11.3 Å². The molecule has 7 nitrogen and oxygen atoms in total. The zero-order chi connectivity index (χ0) is 13.5. The number of nitrogens with two attached hydrogens (primary N) is 1. The molecule has 0 radical (unpaired) electrons. The predicted molar refractivity (Wildman–Crippen MR) is 62.7 cm³/mol. The Bertz CT molecular complexity index is 529. The van der Waals surface area contributed by atoms with Crippen molar-refractivity contribution in [2.24, 2.45) is 10.9 Å². The molecule has 1 aromatic heterocycles. The number of carbonyl (C=O) groups excluding carboxylic acids is 2. The lowest BCUT2D eigenvalue weighted by Gasteiger charge is -1.99. The van der Waals surface area contributed by atoms with Crippen molar-refractivity contribution in [3.63, 3.8) is 0 Å². The number of carbonyl (C=O) groups is 2. The Labute approximate surface area is 106 Å². The van der Waals surface area contributed by atoms with Crippen molar-refractivity contribution < 1.29 is 19.2 Å². The summed E-state index contributed by atoms with van der Waals surface area (Å²) >= 11 is 0.949. The Balaban J connectivity index is 2.63. The summed E-state index contributed by atoms with van der Waals surface area (Å²) in [5.74, 6) is -2.22. The highest BCUT2D eigenvalue weighted by Gasteiger charge is 2.13. The lowest BCUT2D eigenvalue weighted by atomic mass is 10.4. The van der Waals surface area contributed by atoms with Gasteiger partial charge in [-0.1, -0.05) is 0 Å². The third kappa shape index (κ3) is 3.57. The van der Waals surface area contributed by atoms with Crippen LogP contribution in [0.5, 0.6) is 0 Å². The molecule has 2 N–H and O–H groups in total. The molecule has 1 heterocycles. The summed E-state index contributed by atoms with van der Waals surface area (Å²) in [5.41, 5.74) is 5.21. The Morgan fingerprint density at radius 2 is 2.28 bits per heavy atom. The van der Waals surface area contributed by atoms with Gasteiger partial charge in [0.1, 0.15) is 15.8 Å². The van der Waals surface area contributed by atoms with E-state index < -0.39 is 17.8 Å². The van der Waals surface area contributed by atoms with Crippen LogP contribution in [0.4, 0.5) is 0 Å². The van der Waals surface area contributed by atoms with E-state index >= 15 is 0 Å². The number of nitrogens with zero attached hydrogens (tertiary/aromatic N) is 2. The van der Waals surface area contributed by atoms with E-state index in [1.807, 2.05) is 6.07 Å². The monoisotopic (exact) mass is 267 g/mol. The molecular formula is C10H9N3O4S. The van der Waals surface area contributed by atoms with Gasteiger partial charge in [-0.15, -0.1) is 11.3 Å². The van der Waals surface area contributed by atoms with E-state index in [0.29, 0.717) is 4.88 Å². The number of nitriles is 1. The quantitative estimate of drug-likeness (QED) is 0.282. The first-order chi connectivity index (χ1) is 8.58. The first kappa shape index (κ1) is 13.7. The maximum Gasteiger partial charge on any atom is 0.377 e. The average molecular weight is 267 g/mol. The molecule has 18 heavy (non-hydrogen) atoms. The van der Waals surface area contributed by atoms with E-state index in [0.717, 1.165) is 11.3 Å². The first-order valence-electron chi connectivity index (χ1n) is 4.80. The molecule has 0 atom stereocenters. The molecule has 0 aliphatic rings. The van der Waals surface area contributed by atoms with Crippen molar-refractivity contribution in [3.8, 4) is 6.07 Å². The maximum absolute atomic E-state index is 11.4. The molecule has 0 unspecified atom stereocenters. The van der Waals surface area contributed by atoms with Crippen LogP contribution in [-0.4, -0.2) is 24.4 Å². The number of thiophene rings is 1. The van der Waals surface area contributed by atoms with Crippen LogP contribution >= 0.6 is 11.3 Å². The Morgan fingerprint density at radius 1 is 1.56 bits per heavy atom. The molecule has 94 valence electrons. The van der Waals surface area contributed by atoms with Crippen LogP contribution in [-0.2, 0) is 14.4 Å². The fraction of sp³-hybridized carbons (Fsp3) is 0.200. The summed E-state index contributed by atoms with van der Waals surface area (Å²) in [6, 6.07) is 4.77. The lowest BCUT2D eigenvalue weighted by Crippen LogP contribution is -2.26. The van der Waals surface area contributed by atoms with Gasteiger partial charge in [0, 0.05) is 0 Å². The van der Waals surface area contributed by atoms with Gasteiger partial charge in [0.25, 0.3) is 0 Å². The Kier molecular flexibility index (Phi) is 4.83. The molecule has 0 saturated heterocycles. The first-order valence-corrected chi connectivity index (χ1v) is 5.62. The highest BCUT2D eigenvalue weighted by molar-refractivity contribution is 7.14. The van der Waals surface area contributed by atoms with Gasteiger partial charge in [0.15, 0.2) is 0 Å². The second-order valence-electron chi connectivity index (χ2n) is 2.85. The van der Waals surface area contributed by atoms with Crippen molar-refractivity contribution in [1.29, 1.82) is 5.26 Å². The molecule has 0 amide bonds. The van der Waals surface area contributed by atoms with Gasteiger partial charge >= 0.3 is 11.9 Å². The number of esters is 1. The molecule has 1 aromatic rings. The van der Waals surface area contributed by atoms with Gasteiger partial charge in [-0.05, 0) is 24.2 Å². The van der Waals surface area contributed by atoms with E-state index in [9.17, 15) is 9.59 Å². The van der Waals surface area contributed by atoms with Crippen LogP contribution < -0.4 is 5.73 Å². The molecule has 0 fully saturated rings. The Hall–Kier alpha value is -2.40. The normalized spacial score (nSPS) is 10.6. The predicted octanol–water partition coefficient (Wildman–Crippen LogP) is 0.612. The van der Waals surface area contributed by atoms with E-state index in [1.54, 1.807) is 6.92 Å². The lowest BCUT2D eigenvalue weighted by molar-refractivity contribution is -0.135. The summed E-state index contributed by atoms with van der Waals surface area (Å²) in [7, 11) is 0. The molecular weight excluding hydrogens is 258 g/mol. The molecule has 1 rings (SSSR count). The number of rotatable bonds is 3. The third-order valence-corrected chi connectivity index (χ3v) is 2.60. The highest BCUT2D eigenvalue weighted by atomic mass is 32.1. The zero-order valence-corrected chi connectivity index (χ0v) is 10.2. The van der Waals surface area contributed by atoms with E-state index in [4.69, 9.17) is 11.0 Å². The average Bonchev–Trinajstić information content (AvgIpc) is 2.84. The van der Waals surface area contributed by atoms with E-state index in [-0.39, 0.29) is 11.5 Å². The minimum Gasteiger partial charge on any atom is -0.460 e. The largest absolute Gasteiger partial charge is 0.460 e. The number of oxime groups is 1. The summed E-state index contributed by atoms with van der Waals surface area (Å²) in [6.07, 6.45) is 0. The number of ether oxygens (including phenoxy) is 1. The van der Waals surface area contributed by atoms with Gasteiger partial charge in [-0.25, -0.2) is 9.59 Å². The molecule has 0 aliphatic carbocycles. The van der Waals surface area contributed by atoms with Gasteiger partial charge in [0.2, 0.25) is 5.84 Å². The van der Waals surface area contributed by atoms with E-state index in [1.165, 1.54) is 12.1 Å². The fourth-order valence-corrected chi connectivity index (χ4v) is 1.56. The van der Waals surface area contributed by atoms with Crippen LogP contribution in [0.2, 0.25) is 0 Å². The highest BCUT2D eigenvalue weighted by Crippen LogP contribution is 2.16. The smallest absolute Gasteiger partial charge is 0.377 e. The maximum atomic E-state index is 11.4. The second kappa shape index (κ2) is 6.36. The van der Waals surface area contributed by atoms with Crippen LogP contribution in [0.1, 0.15) is 21.5 Å². The molecule has 8 heteroatoms. The van der Waals surface area contributed by atoms with Gasteiger partial charge in [-0.2, -0.15) is 5.26 Å². The van der Waals surface area contributed by atoms with Crippen LogP contribution in [0.25, 0.3) is 0 Å². The Morgan fingerprint density at radius 3 is 2.83 bits per heavy atom. The minimum absolute atomic E-state index is 0.138. The molecule has 0 saturated carbocycles. The van der Waals surface area contributed by atoms with Crippen molar-refractivity contribution in [2.45, 2.75) is 6.92 Å². The number of amidine groups is 1. The molecule has 0 bridgehead atoms. The van der Waals surface area contributed by atoms with Crippen LogP contribution in [0.3, 0.4) is 0 Å². The number of hydrogen-bond acceptors (Lipinski definition) is 7. The third-order valence-electron chi connectivity index (χ3n) is 1.63. The van der Waals surface area contributed by atoms with Crippen molar-refractivity contribution in [1.82, 2.24) is 0 Å². The summed E-state index contributed by atoms with van der Waals surface area (Å²) in [5, 5.41) is 11.7. The molecule has 0 aromatic carbocycles. The van der Waals surface area contributed by atoms with Crippen LogP contribution in [0.15, 0.2) is 17.3 Å². The SMILES string of the molecule is CCOC(=O)/C(N)=N\OC(=O)c1ccc(C#N)s1. The van der Waals surface area contributed by atoms with Gasteiger partial charge in [0.05, 0.1) is 6.61 Å². The van der Waals surface area contributed by atoms with Crippen molar-refractivity contribution in [2.75, 3.05) is 6.61 Å². The number of hydrogen-bond donors (Lipinski definition) is 1. The fourth-order valence-electron chi connectivity index (χ4n) is 0.886. The van der Waals surface area contributed by atoms with Crippen molar-refractivity contribution >= 4 is 29.1 Å². The molecule has 0 spiro atoms. The summed E-state index contributed by atoms with van der Waals surface area (Å²) < 4.78 is 4.54. The standard InChI is InChI=1S/C10H9N3O4S/c1-2-16-10(15)8(12)13-17-9(14)7-4-3-6(5-11)18-7/h3-4H,2H2,1H3,(H2,12,13).